The SMILES string of the molecule is Cn1c(=O)[nH]c(=O)c2ccc(C(=O)NNc3ccc(C(F)(F)F)cc3[N+](=O)[O-])nc21. The fourth-order valence-electron chi connectivity index (χ4n) is 2.51. The van der Waals surface area contributed by atoms with Gasteiger partial charge in [-0.1, -0.05) is 0 Å². The molecule has 0 aliphatic rings. The number of amides is 1. The van der Waals surface area contributed by atoms with Crippen LogP contribution in [0.25, 0.3) is 11.0 Å². The number of nitro groups is 1. The summed E-state index contributed by atoms with van der Waals surface area (Å²) in [5.74, 6) is -0.918. The number of aromatic nitrogens is 3. The Bertz CT molecular complexity index is 1300. The van der Waals surface area contributed by atoms with Gasteiger partial charge in [0.1, 0.15) is 17.0 Å². The van der Waals surface area contributed by atoms with Gasteiger partial charge < -0.3 is 0 Å². The molecule has 0 atom stereocenters. The van der Waals surface area contributed by atoms with E-state index in [1.807, 2.05) is 0 Å². The van der Waals surface area contributed by atoms with Crippen molar-refractivity contribution >= 4 is 28.3 Å². The lowest BCUT2D eigenvalue weighted by Gasteiger charge is -2.11. The van der Waals surface area contributed by atoms with Crippen LogP contribution < -0.4 is 22.1 Å². The molecule has 0 unspecified atom stereocenters. The van der Waals surface area contributed by atoms with E-state index in [0.29, 0.717) is 12.1 Å². The lowest BCUT2D eigenvalue weighted by Crippen LogP contribution is -2.32. The third-order valence-electron chi connectivity index (χ3n) is 4.03. The maximum Gasteiger partial charge on any atom is 0.416 e. The summed E-state index contributed by atoms with van der Waals surface area (Å²) in [6, 6.07) is 4.14. The molecule has 0 bridgehead atoms. The van der Waals surface area contributed by atoms with E-state index in [4.69, 9.17) is 0 Å². The van der Waals surface area contributed by atoms with E-state index in [2.05, 4.69) is 20.8 Å². The number of rotatable bonds is 4. The number of alkyl halides is 3. The summed E-state index contributed by atoms with van der Waals surface area (Å²) in [7, 11) is 1.32. The van der Waals surface area contributed by atoms with Crippen molar-refractivity contribution in [3.05, 3.63) is 72.5 Å². The molecule has 0 spiro atoms. The Kier molecular flexibility index (Phi) is 4.99. The number of nitro benzene ring substituents is 1. The van der Waals surface area contributed by atoms with Crippen molar-refractivity contribution in [2.45, 2.75) is 6.18 Å². The molecule has 0 aliphatic carbocycles. The Balaban J connectivity index is 1.89. The first-order valence-electron chi connectivity index (χ1n) is 8.01. The number of anilines is 1. The first kappa shape index (κ1) is 20.5. The molecule has 156 valence electrons. The minimum absolute atomic E-state index is 0.0417. The fourth-order valence-corrected chi connectivity index (χ4v) is 2.51. The number of nitrogens with one attached hydrogen (secondary N) is 3. The van der Waals surface area contributed by atoms with Gasteiger partial charge >= 0.3 is 11.9 Å². The molecule has 3 aromatic rings. The Morgan fingerprint density at radius 2 is 1.93 bits per heavy atom. The first-order valence-corrected chi connectivity index (χ1v) is 8.01. The molecule has 3 rings (SSSR count). The van der Waals surface area contributed by atoms with E-state index in [1.165, 1.54) is 19.2 Å². The minimum atomic E-state index is -4.78. The van der Waals surface area contributed by atoms with Gasteiger partial charge in [-0.3, -0.25) is 40.1 Å². The van der Waals surface area contributed by atoms with Crippen LogP contribution in [0.4, 0.5) is 24.5 Å². The Hall–Kier alpha value is -4.23. The zero-order valence-corrected chi connectivity index (χ0v) is 14.9. The van der Waals surface area contributed by atoms with Crippen molar-refractivity contribution in [1.82, 2.24) is 20.0 Å². The molecule has 0 fully saturated rings. The summed E-state index contributed by atoms with van der Waals surface area (Å²) in [6.45, 7) is 0. The number of carbonyl (C=O) groups excluding carboxylic acids is 1. The molecule has 14 heteroatoms. The standard InChI is InChI=1S/C16H11F3N6O5/c1-24-12-8(13(26)21-15(24)28)3-5-10(20-12)14(27)23-22-9-4-2-7(16(17,18)19)6-11(9)25(29)30/h2-6,22H,1H3,(H,23,27)(H,21,26,28). The van der Waals surface area contributed by atoms with Crippen LogP contribution in [-0.4, -0.2) is 25.4 Å². The Morgan fingerprint density at radius 1 is 1.23 bits per heavy atom. The number of benzene rings is 1. The topological polar surface area (TPSA) is 152 Å². The lowest BCUT2D eigenvalue weighted by molar-refractivity contribution is -0.384. The van der Waals surface area contributed by atoms with Gasteiger partial charge in [-0.25, -0.2) is 9.78 Å². The first-order chi connectivity index (χ1) is 14.0. The second-order valence-corrected chi connectivity index (χ2v) is 5.95. The zero-order chi connectivity index (χ0) is 22.2. The van der Waals surface area contributed by atoms with Crippen molar-refractivity contribution in [3.63, 3.8) is 0 Å². The van der Waals surface area contributed by atoms with Gasteiger partial charge in [0.15, 0.2) is 0 Å². The second kappa shape index (κ2) is 7.31. The average molecular weight is 424 g/mol. The number of aryl methyl sites for hydroxylation is 1. The molecule has 0 radical (unpaired) electrons. The molecular weight excluding hydrogens is 413 g/mol. The fraction of sp³-hybridized carbons (Fsp3) is 0.125. The molecule has 11 nitrogen and oxygen atoms in total. The maximum absolute atomic E-state index is 12.7. The summed E-state index contributed by atoms with van der Waals surface area (Å²) < 4.78 is 39.2. The van der Waals surface area contributed by atoms with Crippen LogP contribution in [0.2, 0.25) is 0 Å². The number of hydrazine groups is 1. The van der Waals surface area contributed by atoms with Crippen molar-refractivity contribution in [3.8, 4) is 0 Å². The van der Waals surface area contributed by atoms with Gasteiger partial charge in [-0.15, -0.1) is 0 Å². The number of fused-ring (bicyclic) bond motifs is 1. The number of nitrogens with zero attached hydrogens (tertiary/aromatic N) is 3. The largest absolute Gasteiger partial charge is 0.416 e. The van der Waals surface area contributed by atoms with E-state index in [1.54, 1.807) is 0 Å². The van der Waals surface area contributed by atoms with Crippen molar-refractivity contribution in [2.24, 2.45) is 7.05 Å². The van der Waals surface area contributed by atoms with Gasteiger partial charge in [0.05, 0.1) is 15.9 Å². The van der Waals surface area contributed by atoms with Gasteiger partial charge in [0.25, 0.3) is 17.2 Å². The van der Waals surface area contributed by atoms with Gasteiger partial charge in [-0.05, 0) is 24.3 Å². The molecule has 0 aliphatic heterocycles. The van der Waals surface area contributed by atoms with Crippen LogP contribution in [-0.2, 0) is 13.2 Å². The third-order valence-corrected chi connectivity index (χ3v) is 4.03. The highest BCUT2D eigenvalue weighted by Crippen LogP contribution is 2.34. The van der Waals surface area contributed by atoms with Crippen LogP contribution in [0.15, 0.2) is 39.9 Å². The number of H-pyrrole nitrogens is 1. The number of aromatic amines is 1. The highest BCUT2D eigenvalue weighted by atomic mass is 19.4. The highest BCUT2D eigenvalue weighted by molar-refractivity contribution is 5.95. The van der Waals surface area contributed by atoms with Crippen LogP contribution in [0, 0.1) is 10.1 Å². The molecule has 0 saturated heterocycles. The molecule has 1 aromatic carbocycles. The summed E-state index contributed by atoms with van der Waals surface area (Å²) in [6.07, 6.45) is -4.78. The number of carbonyl (C=O) groups is 1. The van der Waals surface area contributed by atoms with Crippen molar-refractivity contribution in [2.75, 3.05) is 5.43 Å². The van der Waals surface area contributed by atoms with Crippen LogP contribution in [0.1, 0.15) is 16.1 Å². The summed E-state index contributed by atoms with van der Waals surface area (Å²) in [5, 5.41) is 11.1. The smallest absolute Gasteiger partial charge is 0.292 e. The van der Waals surface area contributed by atoms with E-state index in [-0.39, 0.29) is 16.7 Å². The summed E-state index contributed by atoms with van der Waals surface area (Å²) in [5.41, 5.74) is -0.0951. The van der Waals surface area contributed by atoms with Gasteiger partial charge in [0, 0.05) is 13.1 Å². The van der Waals surface area contributed by atoms with E-state index < -0.39 is 45.2 Å². The number of hydrogen-bond acceptors (Lipinski definition) is 7. The Labute approximate surface area is 163 Å². The van der Waals surface area contributed by atoms with Crippen LogP contribution in [0.5, 0.6) is 0 Å². The molecule has 3 N–H and O–H groups in total. The van der Waals surface area contributed by atoms with Crippen LogP contribution in [0.3, 0.4) is 0 Å². The predicted molar refractivity (Wildman–Crippen MR) is 96.8 cm³/mol. The number of halogens is 3. The molecule has 0 saturated carbocycles. The molecule has 1 amide bonds. The van der Waals surface area contributed by atoms with Crippen molar-refractivity contribution in [1.29, 1.82) is 0 Å². The normalized spacial score (nSPS) is 11.3. The third kappa shape index (κ3) is 3.82. The molecule has 2 heterocycles. The van der Waals surface area contributed by atoms with Gasteiger partial charge in [0.2, 0.25) is 0 Å². The monoisotopic (exact) mass is 424 g/mol. The molecule has 2 aromatic heterocycles. The molecule has 30 heavy (non-hydrogen) atoms. The molecular formula is C16H11F3N6O5. The average Bonchev–Trinajstić information content (AvgIpc) is 2.69. The van der Waals surface area contributed by atoms with E-state index in [0.717, 1.165) is 10.6 Å². The maximum atomic E-state index is 12.7. The van der Waals surface area contributed by atoms with Crippen LogP contribution >= 0.6 is 0 Å². The number of pyridine rings is 1. The van der Waals surface area contributed by atoms with E-state index >= 15 is 0 Å². The van der Waals surface area contributed by atoms with Crippen molar-refractivity contribution < 1.29 is 22.9 Å². The lowest BCUT2D eigenvalue weighted by atomic mass is 10.1. The van der Waals surface area contributed by atoms with E-state index in [9.17, 15) is 37.7 Å². The predicted octanol–water partition coefficient (Wildman–Crippen LogP) is 1.31. The Morgan fingerprint density at radius 3 is 2.57 bits per heavy atom. The minimum Gasteiger partial charge on any atom is -0.292 e. The van der Waals surface area contributed by atoms with Gasteiger partial charge in [-0.2, -0.15) is 13.2 Å². The highest BCUT2D eigenvalue weighted by Gasteiger charge is 2.33. The number of hydrogen-bond donors (Lipinski definition) is 3. The summed E-state index contributed by atoms with van der Waals surface area (Å²) in [4.78, 5) is 51.7. The second-order valence-electron chi connectivity index (χ2n) is 5.95. The quantitative estimate of drug-likeness (QED) is 0.422. The summed E-state index contributed by atoms with van der Waals surface area (Å²) >= 11 is 0. The zero-order valence-electron chi connectivity index (χ0n) is 14.9.